The van der Waals surface area contributed by atoms with Crippen LogP contribution < -0.4 is 0 Å². The zero-order chi connectivity index (χ0) is 19.7. The Bertz CT molecular complexity index is 546. The molecule has 1 saturated carbocycles. The summed E-state index contributed by atoms with van der Waals surface area (Å²) in [4.78, 5) is 18.7. The lowest BCUT2D eigenvalue weighted by molar-refractivity contribution is -0.188. The van der Waals surface area contributed by atoms with Crippen molar-refractivity contribution in [1.29, 1.82) is 0 Å². The molecule has 2 atom stereocenters. The Hall–Kier alpha value is -0.730. The smallest absolute Gasteiger partial charge is 0.248 e. The molecule has 4 rings (SSSR count). The van der Waals surface area contributed by atoms with E-state index in [-0.39, 0.29) is 12.5 Å². The zero-order valence-corrected chi connectivity index (χ0v) is 17.3. The highest BCUT2D eigenvalue weighted by Crippen LogP contribution is 2.51. The van der Waals surface area contributed by atoms with Gasteiger partial charge in [0.1, 0.15) is 6.61 Å². The summed E-state index contributed by atoms with van der Waals surface area (Å²) < 4.78 is 5.35. The van der Waals surface area contributed by atoms with Crippen molar-refractivity contribution in [3.8, 4) is 0 Å². The summed E-state index contributed by atoms with van der Waals surface area (Å²) in [5.74, 6) is 0.498. The molecular weight excluding hydrogens is 358 g/mol. The number of rotatable bonds is 6. The summed E-state index contributed by atoms with van der Waals surface area (Å²) in [5, 5.41) is 19.3. The van der Waals surface area contributed by atoms with Gasteiger partial charge in [-0.3, -0.25) is 9.69 Å². The minimum Gasteiger partial charge on any atom is -0.387 e. The van der Waals surface area contributed by atoms with Gasteiger partial charge in [-0.05, 0) is 76.3 Å². The average molecular weight is 396 g/mol. The summed E-state index contributed by atoms with van der Waals surface area (Å²) in [6.45, 7) is 7.09. The van der Waals surface area contributed by atoms with Gasteiger partial charge < -0.3 is 24.7 Å². The van der Waals surface area contributed by atoms with Gasteiger partial charge in [-0.1, -0.05) is 0 Å². The third-order valence-electron chi connectivity index (χ3n) is 7.82. The molecule has 1 spiro atoms. The van der Waals surface area contributed by atoms with Gasteiger partial charge in [0.2, 0.25) is 12.3 Å². The van der Waals surface area contributed by atoms with Gasteiger partial charge in [-0.2, -0.15) is 0 Å². The minimum absolute atomic E-state index is 0.0918. The maximum atomic E-state index is 12.0. The molecule has 3 heterocycles. The van der Waals surface area contributed by atoms with Crippen LogP contribution in [0.5, 0.6) is 0 Å². The molecule has 7 heteroatoms. The van der Waals surface area contributed by atoms with Gasteiger partial charge in [0.25, 0.3) is 0 Å². The molecule has 1 aliphatic carbocycles. The summed E-state index contributed by atoms with van der Waals surface area (Å²) >= 11 is 0. The number of hydrogen-bond acceptors (Lipinski definition) is 6. The number of amides is 1. The fourth-order valence-corrected chi connectivity index (χ4v) is 6.30. The normalized spacial score (nSPS) is 36.2. The third kappa shape index (κ3) is 3.97. The molecule has 4 fully saturated rings. The van der Waals surface area contributed by atoms with Gasteiger partial charge in [0, 0.05) is 38.3 Å². The summed E-state index contributed by atoms with van der Waals surface area (Å²) in [5.41, 5.74) is 0.384. The number of carbonyl (C=O) groups is 1. The Morgan fingerprint density at radius 1 is 1.18 bits per heavy atom. The predicted molar refractivity (Wildman–Crippen MR) is 105 cm³/mol. The first-order valence-corrected chi connectivity index (χ1v) is 11.2. The Kier molecular flexibility index (Phi) is 6.28. The maximum absolute atomic E-state index is 12.0. The first kappa shape index (κ1) is 20.5. The lowest BCUT2D eigenvalue weighted by Crippen LogP contribution is -2.55. The lowest BCUT2D eigenvalue weighted by Gasteiger charge is -2.52. The lowest BCUT2D eigenvalue weighted by atomic mass is 9.64. The van der Waals surface area contributed by atoms with Crippen molar-refractivity contribution in [3.05, 3.63) is 0 Å². The van der Waals surface area contributed by atoms with Gasteiger partial charge in [0.15, 0.2) is 0 Å². The Balaban J connectivity index is 1.22. The van der Waals surface area contributed by atoms with E-state index >= 15 is 0 Å². The van der Waals surface area contributed by atoms with Crippen molar-refractivity contribution < 1.29 is 19.7 Å². The molecule has 0 bridgehead atoms. The molecule has 28 heavy (non-hydrogen) atoms. The SMILES string of the molecule is CCOC(O)N1CCC2(CC(N3CCC([C@@H]4CCCN4C(=O)CO)CC3)C2)C1. The summed E-state index contributed by atoms with van der Waals surface area (Å²) in [6.07, 6.45) is 7.42. The number of carbonyl (C=O) groups excluding carboxylic acids is 1. The second-order valence-corrected chi connectivity index (χ2v) is 9.39. The highest BCUT2D eigenvalue weighted by molar-refractivity contribution is 5.77. The van der Waals surface area contributed by atoms with Crippen molar-refractivity contribution in [2.75, 3.05) is 45.9 Å². The van der Waals surface area contributed by atoms with Gasteiger partial charge in [-0.15, -0.1) is 0 Å². The molecule has 160 valence electrons. The monoisotopic (exact) mass is 395 g/mol. The number of aliphatic hydroxyl groups excluding tert-OH is 2. The number of piperidine rings is 1. The second kappa shape index (κ2) is 8.56. The number of likely N-dealkylation sites (tertiary alicyclic amines) is 3. The van der Waals surface area contributed by atoms with Crippen LogP contribution in [0.3, 0.4) is 0 Å². The van der Waals surface area contributed by atoms with Crippen LogP contribution >= 0.6 is 0 Å². The van der Waals surface area contributed by atoms with Crippen LogP contribution in [0.25, 0.3) is 0 Å². The van der Waals surface area contributed by atoms with Crippen LogP contribution in [0, 0.1) is 11.3 Å². The van der Waals surface area contributed by atoms with E-state index in [4.69, 9.17) is 4.74 Å². The quantitative estimate of drug-likeness (QED) is 0.650. The molecular formula is C21H37N3O4. The van der Waals surface area contributed by atoms with Crippen molar-refractivity contribution in [1.82, 2.24) is 14.7 Å². The third-order valence-corrected chi connectivity index (χ3v) is 7.82. The van der Waals surface area contributed by atoms with Crippen molar-refractivity contribution in [3.63, 3.8) is 0 Å². The average Bonchev–Trinajstić information content (AvgIpc) is 3.34. The van der Waals surface area contributed by atoms with Crippen LogP contribution in [0.15, 0.2) is 0 Å². The molecule has 2 N–H and O–H groups in total. The molecule has 1 amide bonds. The Labute approximate surface area is 168 Å². The van der Waals surface area contributed by atoms with Crippen molar-refractivity contribution >= 4 is 5.91 Å². The van der Waals surface area contributed by atoms with Gasteiger partial charge in [-0.25, -0.2) is 0 Å². The first-order chi connectivity index (χ1) is 13.5. The molecule has 3 aliphatic heterocycles. The van der Waals surface area contributed by atoms with E-state index in [1.807, 2.05) is 11.8 Å². The molecule has 0 aromatic heterocycles. The van der Waals surface area contributed by atoms with Crippen LogP contribution in [-0.2, 0) is 9.53 Å². The minimum atomic E-state index is -0.741. The predicted octanol–water partition coefficient (Wildman–Crippen LogP) is 0.849. The molecule has 0 aromatic rings. The zero-order valence-electron chi connectivity index (χ0n) is 17.3. The fraction of sp³-hybridized carbons (Fsp3) is 0.952. The molecule has 3 saturated heterocycles. The number of aliphatic hydroxyl groups is 2. The van der Waals surface area contributed by atoms with Crippen LogP contribution in [-0.4, -0.2) is 95.3 Å². The van der Waals surface area contributed by atoms with Crippen molar-refractivity contribution in [2.45, 2.75) is 70.4 Å². The number of hydrogen-bond donors (Lipinski definition) is 2. The van der Waals surface area contributed by atoms with Crippen molar-refractivity contribution in [2.24, 2.45) is 11.3 Å². The van der Waals surface area contributed by atoms with Crippen LogP contribution in [0.4, 0.5) is 0 Å². The first-order valence-electron chi connectivity index (χ1n) is 11.2. The Morgan fingerprint density at radius 2 is 1.93 bits per heavy atom. The number of ether oxygens (including phenoxy) is 1. The highest BCUT2D eigenvalue weighted by atomic mass is 16.6. The summed E-state index contributed by atoms with van der Waals surface area (Å²) in [7, 11) is 0. The van der Waals surface area contributed by atoms with E-state index in [0.717, 1.165) is 45.6 Å². The van der Waals surface area contributed by atoms with E-state index in [1.54, 1.807) is 0 Å². The van der Waals surface area contributed by atoms with Crippen LogP contribution in [0.1, 0.15) is 51.9 Å². The second-order valence-electron chi connectivity index (χ2n) is 9.39. The van der Waals surface area contributed by atoms with E-state index in [2.05, 4.69) is 9.80 Å². The molecule has 0 radical (unpaired) electrons. The topological polar surface area (TPSA) is 76.5 Å². The number of nitrogens with zero attached hydrogens (tertiary/aromatic N) is 3. The van der Waals surface area contributed by atoms with E-state index in [0.29, 0.717) is 30.0 Å². The van der Waals surface area contributed by atoms with E-state index < -0.39 is 6.41 Å². The van der Waals surface area contributed by atoms with Gasteiger partial charge in [0.05, 0.1) is 0 Å². The highest BCUT2D eigenvalue weighted by Gasteiger charge is 2.51. The molecule has 0 aromatic carbocycles. The van der Waals surface area contributed by atoms with E-state index in [1.165, 1.54) is 32.1 Å². The Morgan fingerprint density at radius 3 is 2.61 bits per heavy atom. The van der Waals surface area contributed by atoms with Gasteiger partial charge >= 0.3 is 0 Å². The standard InChI is InChI=1S/C21H37N3O4/c1-2-28-20(27)23-11-7-21(15-23)12-17(13-21)22-9-5-16(6-10-22)18-4-3-8-24(18)19(26)14-25/h16-18,20,25,27H,2-15H2,1H3/t17?,18-,20?,21?/m0/s1. The summed E-state index contributed by atoms with van der Waals surface area (Å²) in [6, 6.07) is 1.03. The largest absolute Gasteiger partial charge is 0.387 e. The fourth-order valence-electron chi connectivity index (χ4n) is 6.30. The molecule has 1 unspecified atom stereocenters. The van der Waals surface area contributed by atoms with Crippen LogP contribution in [0.2, 0.25) is 0 Å². The maximum Gasteiger partial charge on any atom is 0.248 e. The van der Waals surface area contributed by atoms with E-state index in [9.17, 15) is 15.0 Å². The molecule has 4 aliphatic rings. The molecule has 7 nitrogen and oxygen atoms in total.